The van der Waals surface area contributed by atoms with Crippen molar-refractivity contribution in [2.75, 3.05) is 13.6 Å². The summed E-state index contributed by atoms with van der Waals surface area (Å²) in [7, 11) is -1.98. The Morgan fingerprint density at radius 3 is 2.26 bits per heavy atom. The lowest BCUT2D eigenvalue weighted by Crippen LogP contribution is -2.38. The summed E-state index contributed by atoms with van der Waals surface area (Å²) < 4.78 is 28.4. The second kappa shape index (κ2) is 9.12. The first-order chi connectivity index (χ1) is 12.7. The first kappa shape index (κ1) is 21.1. The minimum atomic E-state index is -3.69. The molecule has 27 heavy (non-hydrogen) atoms. The molecule has 2 aromatic carbocycles. The number of carbonyl (C=O) groups is 1. The first-order valence-electron chi connectivity index (χ1n) is 8.77. The minimum Gasteiger partial charge on any atom is -0.480 e. The zero-order chi connectivity index (χ0) is 20.0. The molecule has 6 nitrogen and oxygen atoms in total. The number of hydrogen-bond acceptors (Lipinski definition) is 4. The molecule has 0 saturated heterocycles. The number of likely N-dealkylation sites (N-methyl/N-ethyl adjacent to an activating group) is 1. The number of sulfonamides is 1. The van der Waals surface area contributed by atoms with Gasteiger partial charge in [0.1, 0.15) is 6.04 Å². The van der Waals surface area contributed by atoms with Gasteiger partial charge in [-0.2, -0.15) is 0 Å². The van der Waals surface area contributed by atoms with Gasteiger partial charge in [0.15, 0.2) is 0 Å². The van der Waals surface area contributed by atoms with Crippen molar-refractivity contribution in [2.45, 2.75) is 37.2 Å². The van der Waals surface area contributed by atoms with E-state index in [4.69, 9.17) is 5.11 Å². The first-order valence-corrected chi connectivity index (χ1v) is 10.3. The molecular formula is C20H26N2O4S. The molecule has 146 valence electrons. The van der Waals surface area contributed by atoms with Gasteiger partial charge in [-0.1, -0.05) is 48.0 Å². The Balaban J connectivity index is 2.20. The van der Waals surface area contributed by atoms with Crippen LogP contribution in [0, 0.1) is 6.92 Å². The number of nitrogens with zero attached hydrogens (tertiary/aromatic N) is 1. The maximum absolute atomic E-state index is 12.8. The fourth-order valence-corrected chi connectivity index (χ4v) is 3.93. The Bertz CT molecular complexity index is 851. The van der Waals surface area contributed by atoms with Crippen LogP contribution in [0.15, 0.2) is 59.5 Å². The summed E-state index contributed by atoms with van der Waals surface area (Å²) >= 11 is 0. The summed E-state index contributed by atoms with van der Waals surface area (Å²) in [6, 6.07) is 14.9. The second-order valence-corrected chi connectivity index (χ2v) is 8.40. The molecule has 0 radical (unpaired) electrons. The van der Waals surface area contributed by atoms with E-state index in [2.05, 4.69) is 4.72 Å². The van der Waals surface area contributed by atoms with Gasteiger partial charge in [-0.25, -0.2) is 13.1 Å². The molecule has 0 aromatic heterocycles. The normalized spacial score (nSPS) is 14.1. The van der Waals surface area contributed by atoms with E-state index in [1.807, 2.05) is 37.3 Å². The fourth-order valence-electron chi connectivity index (χ4n) is 2.67. The third kappa shape index (κ3) is 5.89. The third-order valence-corrected chi connectivity index (χ3v) is 6.11. The van der Waals surface area contributed by atoms with E-state index in [0.717, 1.165) is 11.1 Å². The number of rotatable bonds is 9. The van der Waals surface area contributed by atoms with Crippen molar-refractivity contribution < 1.29 is 18.3 Å². The molecule has 2 aromatic rings. The van der Waals surface area contributed by atoms with E-state index in [1.165, 1.54) is 0 Å². The van der Waals surface area contributed by atoms with Crippen molar-refractivity contribution in [3.05, 3.63) is 65.7 Å². The van der Waals surface area contributed by atoms with Gasteiger partial charge in [-0.3, -0.25) is 9.69 Å². The highest BCUT2D eigenvalue weighted by Gasteiger charge is 2.23. The number of hydrogen-bond donors (Lipinski definition) is 2. The number of carboxylic acid groups (broad SMARTS) is 1. The predicted molar refractivity (Wildman–Crippen MR) is 105 cm³/mol. The smallest absolute Gasteiger partial charge is 0.320 e. The molecule has 0 saturated carbocycles. The molecule has 0 heterocycles. The number of aliphatic carboxylic acids is 1. The molecule has 0 aliphatic carbocycles. The van der Waals surface area contributed by atoms with Crippen molar-refractivity contribution in [3.63, 3.8) is 0 Å². The summed E-state index contributed by atoms with van der Waals surface area (Å²) in [5.41, 5.74) is 1.82. The topological polar surface area (TPSA) is 86.7 Å². The molecular weight excluding hydrogens is 364 g/mol. The standard InChI is InChI=1S/C20H26N2O4S/c1-15-9-11-18(12-10-15)27(25,26)21-19(17-7-5-4-6-8-17)13-14-22(3)16(2)20(23)24/h4-12,16,19,21H,13-14H2,1-3H3,(H,23,24). The molecule has 2 unspecified atom stereocenters. The van der Waals surface area contributed by atoms with Gasteiger partial charge in [0.2, 0.25) is 10.0 Å². The fraction of sp³-hybridized carbons (Fsp3) is 0.350. The van der Waals surface area contributed by atoms with Crippen LogP contribution in [0.5, 0.6) is 0 Å². The van der Waals surface area contributed by atoms with Crippen LogP contribution in [0.2, 0.25) is 0 Å². The van der Waals surface area contributed by atoms with Crippen LogP contribution in [0.1, 0.15) is 30.5 Å². The maximum atomic E-state index is 12.8. The molecule has 0 bridgehead atoms. The average Bonchev–Trinajstić information content (AvgIpc) is 2.65. The second-order valence-electron chi connectivity index (χ2n) is 6.68. The highest BCUT2D eigenvalue weighted by molar-refractivity contribution is 7.89. The molecule has 0 spiro atoms. The lowest BCUT2D eigenvalue weighted by atomic mass is 10.0. The highest BCUT2D eigenvalue weighted by atomic mass is 32.2. The van der Waals surface area contributed by atoms with Crippen LogP contribution in [-0.4, -0.2) is 44.0 Å². The molecule has 0 amide bonds. The van der Waals surface area contributed by atoms with Gasteiger partial charge in [-0.05, 0) is 45.0 Å². The molecule has 2 rings (SSSR count). The molecule has 0 aliphatic rings. The number of carboxylic acids is 1. The quantitative estimate of drug-likeness (QED) is 0.688. The summed E-state index contributed by atoms with van der Waals surface area (Å²) in [5.74, 6) is -0.908. The van der Waals surface area contributed by atoms with Crippen LogP contribution in [0.25, 0.3) is 0 Å². The predicted octanol–water partition coefficient (Wildman–Crippen LogP) is 2.81. The number of aryl methyl sites for hydroxylation is 1. The van der Waals surface area contributed by atoms with Crippen LogP contribution in [0.4, 0.5) is 0 Å². The van der Waals surface area contributed by atoms with E-state index in [1.54, 1.807) is 43.1 Å². The molecule has 0 aliphatic heterocycles. The minimum absolute atomic E-state index is 0.210. The van der Waals surface area contributed by atoms with E-state index in [9.17, 15) is 13.2 Å². The van der Waals surface area contributed by atoms with Crippen molar-refractivity contribution in [1.82, 2.24) is 9.62 Å². The molecule has 2 N–H and O–H groups in total. The lowest BCUT2D eigenvalue weighted by molar-refractivity contribution is -0.142. The Morgan fingerprint density at radius 1 is 1.11 bits per heavy atom. The largest absolute Gasteiger partial charge is 0.480 e. The Labute approximate surface area is 160 Å². The summed E-state index contributed by atoms with van der Waals surface area (Å²) in [6.07, 6.45) is 0.448. The number of benzene rings is 2. The third-order valence-electron chi connectivity index (χ3n) is 4.62. The zero-order valence-corrected chi connectivity index (χ0v) is 16.6. The van der Waals surface area contributed by atoms with Crippen molar-refractivity contribution in [3.8, 4) is 0 Å². The van der Waals surface area contributed by atoms with Crippen LogP contribution >= 0.6 is 0 Å². The van der Waals surface area contributed by atoms with E-state index in [-0.39, 0.29) is 4.90 Å². The number of nitrogens with one attached hydrogen (secondary N) is 1. The van der Waals surface area contributed by atoms with Gasteiger partial charge in [0.25, 0.3) is 0 Å². The Hall–Kier alpha value is -2.22. The average molecular weight is 391 g/mol. The van der Waals surface area contributed by atoms with Crippen LogP contribution < -0.4 is 4.72 Å². The van der Waals surface area contributed by atoms with Crippen molar-refractivity contribution in [1.29, 1.82) is 0 Å². The Morgan fingerprint density at radius 2 is 1.70 bits per heavy atom. The van der Waals surface area contributed by atoms with Crippen molar-refractivity contribution in [2.24, 2.45) is 0 Å². The van der Waals surface area contributed by atoms with E-state index in [0.29, 0.717) is 13.0 Å². The molecule has 7 heteroatoms. The highest BCUT2D eigenvalue weighted by Crippen LogP contribution is 2.21. The Kier molecular flexibility index (Phi) is 7.12. The zero-order valence-electron chi connectivity index (χ0n) is 15.8. The van der Waals surface area contributed by atoms with Crippen molar-refractivity contribution >= 4 is 16.0 Å². The lowest BCUT2D eigenvalue weighted by Gasteiger charge is -2.25. The molecule has 0 fully saturated rings. The summed E-state index contributed by atoms with van der Waals surface area (Å²) in [6.45, 7) is 3.94. The van der Waals surface area contributed by atoms with Crippen LogP contribution in [0.3, 0.4) is 0 Å². The summed E-state index contributed by atoms with van der Waals surface area (Å²) in [5, 5.41) is 9.14. The van der Waals surface area contributed by atoms with Gasteiger partial charge >= 0.3 is 5.97 Å². The van der Waals surface area contributed by atoms with Gasteiger partial charge in [0, 0.05) is 12.6 Å². The van der Waals surface area contributed by atoms with Gasteiger partial charge < -0.3 is 5.11 Å². The monoisotopic (exact) mass is 390 g/mol. The van der Waals surface area contributed by atoms with Gasteiger partial charge in [-0.15, -0.1) is 0 Å². The SMILES string of the molecule is Cc1ccc(S(=O)(=O)NC(CCN(C)C(C)C(=O)O)c2ccccc2)cc1. The van der Waals surface area contributed by atoms with Crippen LogP contribution in [-0.2, 0) is 14.8 Å². The van der Waals surface area contributed by atoms with Gasteiger partial charge in [0.05, 0.1) is 4.90 Å². The van der Waals surface area contributed by atoms with E-state index >= 15 is 0 Å². The maximum Gasteiger partial charge on any atom is 0.320 e. The summed E-state index contributed by atoms with van der Waals surface area (Å²) in [4.78, 5) is 13.0. The molecule has 2 atom stereocenters. The van der Waals surface area contributed by atoms with E-state index < -0.39 is 28.1 Å².